The third kappa shape index (κ3) is 3.24. The summed E-state index contributed by atoms with van der Waals surface area (Å²) < 4.78 is 0. The van der Waals surface area contributed by atoms with Gasteiger partial charge in [0.2, 0.25) is 11.0 Å². The van der Waals surface area contributed by atoms with Gasteiger partial charge in [0, 0.05) is 12.5 Å². The second-order valence-corrected chi connectivity index (χ2v) is 6.17. The summed E-state index contributed by atoms with van der Waals surface area (Å²) in [4.78, 5) is 23.6. The minimum absolute atomic E-state index is 0.117. The van der Waals surface area contributed by atoms with E-state index in [4.69, 9.17) is 0 Å². The molecule has 3 rings (SSSR count). The highest BCUT2D eigenvalue weighted by Gasteiger charge is 2.28. The lowest BCUT2D eigenvalue weighted by molar-refractivity contribution is -0.122. The van der Waals surface area contributed by atoms with Gasteiger partial charge < -0.3 is 10.6 Å². The highest BCUT2D eigenvalue weighted by Crippen LogP contribution is 2.41. The normalized spacial score (nSPS) is 22.8. The summed E-state index contributed by atoms with van der Waals surface area (Å²) in [7, 11) is 0. The Labute approximate surface area is 120 Å². The van der Waals surface area contributed by atoms with Crippen LogP contribution in [0.3, 0.4) is 0 Å². The SMILES string of the molecule is O=C(Nc1nnc(C2CC2)s1)NC1CCCCNC1=O. The fraction of sp³-hybridized carbons (Fsp3) is 0.667. The lowest BCUT2D eigenvalue weighted by atomic mass is 10.1. The van der Waals surface area contributed by atoms with Gasteiger partial charge >= 0.3 is 6.03 Å². The number of amides is 3. The van der Waals surface area contributed by atoms with Crippen LogP contribution in [-0.4, -0.2) is 34.7 Å². The van der Waals surface area contributed by atoms with Crippen LogP contribution < -0.4 is 16.0 Å². The van der Waals surface area contributed by atoms with E-state index in [1.54, 1.807) is 0 Å². The van der Waals surface area contributed by atoms with E-state index in [2.05, 4.69) is 26.1 Å². The Morgan fingerprint density at radius 1 is 1.25 bits per heavy atom. The second kappa shape index (κ2) is 5.74. The van der Waals surface area contributed by atoms with Crippen LogP contribution in [0.5, 0.6) is 0 Å². The Balaban J connectivity index is 1.53. The number of rotatable bonds is 3. The molecule has 0 spiro atoms. The molecule has 1 atom stereocenters. The first-order valence-corrected chi connectivity index (χ1v) is 7.72. The van der Waals surface area contributed by atoms with Crippen LogP contribution in [0.4, 0.5) is 9.93 Å². The summed E-state index contributed by atoms with van der Waals surface area (Å²) in [5.41, 5.74) is 0. The molecule has 7 nitrogen and oxygen atoms in total. The largest absolute Gasteiger partial charge is 0.354 e. The molecule has 1 aromatic rings. The van der Waals surface area contributed by atoms with Gasteiger partial charge in [-0.3, -0.25) is 10.1 Å². The molecule has 108 valence electrons. The molecule has 1 aliphatic carbocycles. The summed E-state index contributed by atoms with van der Waals surface area (Å²) in [5, 5.41) is 17.6. The van der Waals surface area contributed by atoms with E-state index in [9.17, 15) is 9.59 Å². The highest BCUT2D eigenvalue weighted by atomic mass is 32.1. The van der Waals surface area contributed by atoms with Gasteiger partial charge in [0.15, 0.2) is 0 Å². The molecule has 2 heterocycles. The predicted molar refractivity (Wildman–Crippen MR) is 74.7 cm³/mol. The minimum Gasteiger partial charge on any atom is -0.354 e. The molecule has 1 aliphatic heterocycles. The Kier molecular flexibility index (Phi) is 3.81. The molecule has 3 amide bonds. The van der Waals surface area contributed by atoms with E-state index in [0.717, 1.165) is 30.7 Å². The molecule has 1 saturated heterocycles. The number of hydrogen-bond acceptors (Lipinski definition) is 5. The number of carbonyl (C=O) groups is 2. The van der Waals surface area contributed by atoms with Crippen molar-refractivity contribution in [2.75, 3.05) is 11.9 Å². The Morgan fingerprint density at radius 3 is 2.90 bits per heavy atom. The van der Waals surface area contributed by atoms with Crippen molar-refractivity contribution >= 4 is 28.4 Å². The average molecular weight is 295 g/mol. The van der Waals surface area contributed by atoms with Crippen LogP contribution >= 0.6 is 11.3 Å². The van der Waals surface area contributed by atoms with Crippen molar-refractivity contribution in [1.82, 2.24) is 20.8 Å². The van der Waals surface area contributed by atoms with Crippen molar-refractivity contribution in [1.29, 1.82) is 0 Å². The number of anilines is 1. The molecule has 3 N–H and O–H groups in total. The van der Waals surface area contributed by atoms with Crippen LogP contribution in [0, 0.1) is 0 Å². The first-order valence-electron chi connectivity index (χ1n) is 6.91. The molecule has 0 aromatic carbocycles. The fourth-order valence-electron chi connectivity index (χ4n) is 2.15. The van der Waals surface area contributed by atoms with Crippen LogP contribution in [0.1, 0.15) is 43.0 Å². The van der Waals surface area contributed by atoms with Crippen molar-refractivity contribution in [3.8, 4) is 0 Å². The smallest absolute Gasteiger partial charge is 0.321 e. The first-order chi connectivity index (χ1) is 9.72. The van der Waals surface area contributed by atoms with E-state index in [0.29, 0.717) is 24.0 Å². The third-order valence-corrected chi connectivity index (χ3v) is 4.43. The Morgan fingerprint density at radius 2 is 2.10 bits per heavy atom. The maximum absolute atomic E-state index is 11.9. The molecular formula is C12H17N5O2S. The number of aromatic nitrogens is 2. The molecule has 8 heteroatoms. The van der Waals surface area contributed by atoms with E-state index in [1.807, 2.05) is 0 Å². The van der Waals surface area contributed by atoms with Crippen molar-refractivity contribution < 1.29 is 9.59 Å². The number of urea groups is 1. The van der Waals surface area contributed by atoms with Gasteiger partial charge in [-0.15, -0.1) is 10.2 Å². The number of carbonyl (C=O) groups excluding carboxylic acids is 2. The van der Waals surface area contributed by atoms with Gasteiger partial charge in [0.25, 0.3) is 0 Å². The maximum atomic E-state index is 11.9. The summed E-state index contributed by atoms with van der Waals surface area (Å²) in [5.74, 6) is 0.410. The molecule has 0 bridgehead atoms. The summed E-state index contributed by atoms with van der Waals surface area (Å²) >= 11 is 1.40. The van der Waals surface area contributed by atoms with Gasteiger partial charge in [0.05, 0.1) is 0 Å². The summed E-state index contributed by atoms with van der Waals surface area (Å²) in [6.07, 6.45) is 4.86. The van der Waals surface area contributed by atoms with Crippen molar-refractivity contribution in [3.05, 3.63) is 5.01 Å². The van der Waals surface area contributed by atoms with E-state index in [1.165, 1.54) is 11.3 Å². The average Bonchev–Trinajstić information content (AvgIpc) is 3.20. The lowest BCUT2D eigenvalue weighted by Gasteiger charge is -2.14. The van der Waals surface area contributed by atoms with E-state index >= 15 is 0 Å². The quantitative estimate of drug-likeness (QED) is 0.781. The fourth-order valence-corrected chi connectivity index (χ4v) is 3.06. The van der Waals surface area contributed by atoms with E-state index < -0.39 is 12.1 Å². The zero-order chi connectivity index (χ0) is 13.9. The number of nitrogens with zero attached hydrogens (tertiary/aromatic N) is 2. The Bertz CT molecular complexity index is 514. The predicted octanol–water partition coefficient (Wildman–Crippen LogP) is 1.21. The lowest BCUT2D eigenvalue weighted by Crippen LogP contribution is -2.46. The molecule has 2 aliphatic rings. The zero-order valence-electron chi connectivity index (χ0n) is 11.0. The Hall–Kier alpha value is -1.70. The van der Waals surface area contributed by atoms with Crippen molar-refractivity contribution in [2.45, 2.75) is 44.1 Å². The van der Waals surface area contributed by atoms with Crippen LogP contribution in [0.2, 0.25) is 0 Å². The summed E-state index contributed by atoms with van der Waals surface area (Å²) in [6, 6.07) is -0.862. The minimum atomic E-state index is -0.465. The van der Waals surface area contributed by atoms with Gasteiger partial charge in [-0.05, 0) is 32.1 Å². The molecule has 0 radical (unpaired) electrons. The van der Waals surface area contributed by atoms with Crippen molar-refractivity contribution in [3.63, 3.8) is 0 Å². The highest BCUT2D eigenvalue weighted by molar-refractivity contribution is 7.15. The standard InChI is InChI=1S/C12H17N5O2S/c18-9-8(3-1-2-6-13-9)14-11(19)15-12-17-16-10(20-12)7-4-5-7/h7-8H,1-6H2,(H,13,18)(H2,14,15,17,19). The second-order valence-electron chi connectivity index (χ2n) is 5.16. The van der Waals surface area contributed by atoms with Crippen molar-refractivity contribution in [2.24, 2.45) is 0 Å². The van der Waals surface area contributed by atoms with Gasteiger partial charge in [-0.2, -0.15) is 0 Å². The molecule has 1 unspecified atom stereocenters. The summed E-state index contributed by atoms with van der Waals surface area (Å²) in [6.45, 7) is 0.680. The van der Waals surface area contributed by atoms with Gasteiger partial charge in [0.1, 0.15) is 11.0 Å². The molecule has 1 saturated carbocycles. The molecule has 20 heavy (non-hydrogen) atoms. The van der Waals surface area contributed by atoms with Gasteiger partial charge in [-0.1, -0.05) is 11.3 Å². The van der Waals surface area contributed by atoms with Crippen LogP contribution in [0.25, 0.3) is 0 Å². The van der Waals surface area contributed by atoms with Crippen LogP contribution in [-0.2, 0) is 4.79 Å². The molecule has 2 fully saturated rings. The zero-order valence-corrected chi connectivity index (χ0v) is 11.8. The third-order valence-electron chi connectivity index (χ3n) is 3.43. The van der Waals surface area contributed by atoms with Crippen LogP contribution in [0.15, 0.2) is 0 Å². The molecular weight excluding hydrogens is 278 g/mol. The monoisotopic (exact) mass is 295 g/mol. The van der Waals surface area contributed by atoms with Gasteiger partial charge in [-0.25, -0.2) is 4.79 Å². The topological polar surface area (TPSA) is 96.0 Å². The molecule has 1 aromatic heterocycles. The van der Waals surface area contributed by atoms with E-state index in [-0.39, 0.29) is 5.91 Å². The first kappa shape index (κ1) is 13.3. The number of nitrogens with one attached hydrogen (secondary N) is 3. The number of hydrogen-bond donors (Lipinski definition) is 3. The maximum Gasteiger partial charge on any atom is 0.321 e.